The highest BCUT2D eigenvalue weighted by Gasteiger charge is 2.29. The van der Waals surface area contributed by atoms with E-state index in [2.05, 4.69) is 5.32 Å². The molecule has 1 atom stereocenters. The first-order valence-electron chi connectivity index (χ1n) is 5.74. The number of aliphatic hydroxyl groups excluding tert-OH is 1. The molecule has 1 aromatic rings. The largest absolute Gasteiger partial charge is 0.391 e. The van der Waals surface area contributed by atoms with Crippen LogP contribution >= 0.6 is 0 Å². The van der Waals surface area contributed by atoms with Crippen LogP contribution in [0.1, 0.15) is 18.4 Å². The molecule has 1 aromatic carbocycles. The summed E-state index contributed by atoms with van der Waals surface area (Å²) in [5, 5.41) is 12.4. The number of nitrogens with one attached hydrogen (secondary N) is 1. The molecule has 1 unspecified atom stereocenters. The third-order valence-electron chi connectivity index (χ3n) is 2.88. The van der Waals surface area contributed by atoms with Crippen molar-refractivity contribution in [3.05, 3.63) is 35.9 Å². The first kappa shape index (κ1) is 11.1. The van der Waals surface area contributed by atoms with Crippen molar-refractivity contribution < 1.29 is 9.90 Å². The van der Waals surface area contributed by atoms with Crippen LogP contribution in [0, 0.1) is 5.92 Å². The number of carbonyl (C=O) groups excluding carboxylic acids is 1. The lowest BCUT2D eigenvalue weighted by Crippen LogP contribution is -2.34. The fraction of sp³-hybridized carbons (Fsp3) is 0.462. The van der Waals surface area contributed by atoms with E-state index in [4.69, 9.17) is 0 Å². The molecule has 2 N–H and O–H groups in total. The Hall–Kier alpha value is -1.35. The van der Waals surface area contributed by atoms with Crippen molar-refractivity contribution in [1.82, 2.24) is 5.32 Å². The van der Waals surface area contributed by atoms with Gasteiger partial charge in [0.1, 0.15) is 0 Å². The van der Waals surface area contributed by atoms with Gasteiger partial charge < -0.3 is 10.4 Å². The summed E-state index contributed by atoms with van der Waals surface area (Å²) < 4.78 is 0. The first-order valence-corrected chi connectivity index (χ1v) is 5.74. The molecule has 1 aliphatic rings. The van der Waals surface area contributed by atoms with E-state index < -0.39 is 0 Å². The van der Waals surface area contributed by atoms with Gasteiger partial charge in [-0.3, -0.25) is 4.79 Å². The van der Waals surface area contributed by atoms with Gasteiger partial charge in [0.05, 0.1) is 12.5 Å². The van der Waals surface area contributed by atoms with Crippen molar-refractivity contribution in [1.29, 1.82) is 0 Å². The van der Waals surface area contributed by atoms with Gasteiger partial charge in [-0.05, 0) is 24.3 Å². The Balaban J connectivity index is 1.72. The lowest BCUT2D eigenvalue weighted by molar-refractivity contribution is -0.120. The van der Waals surface area contributed by atoms with Gasteiger partial charge in [-0.1, -0.05) is 30.3 Å². The normalized spacial score (nSPS) is 16.8. The number of amides is 1. The summed E-state index contributed by atoms with van der Waals surface area (Å²) in [5.74, 6) is 0.392. The summed E-state index contributed by atoms with van der Waals surface area (Å²) in [7, 11) is 0. The summed E-state index contributed by atoms with van der Waals surface area (Å²) >= 11 is 0. The van der Waals surface area contributed by atoms with Crippen LogP contribution in [0.3, 0.4) is 0 Å². The minimum Gasteiger partial charge on any atom is -0.391 e. The summed E-state index contributed by atoms with van der Waals surface area (Å²) in [4.78, 5) is 11.5. The molecule has 1 fully saturated rings. The van der Waals surface area contributed by atoms with Crippen LogP contribution in [-0.2, 0) is 11.2 Å². The highest BCUT2D eigenvalue weighted by Crippen LogP contribution is 2.32. The Morgan fingerprint density at radius 2 is 2.06 bits per heavy atom. The summed E-state index contributed by atoms with van der Waals surface area (Å²) in [6.45, 7) is 0.385. The summed E-state index contributed by atoms with van der Waals surface area (Å²) in [6, 6.07) is 9.62. The third-order valence-corrected chi connectivity index (χ3v) is 2.88. The molecule has 0 aliphatic heterocycles. The molecular formula is C13H17NO2. The zero-order chi connectivity index (χ0) is 11.4. The van der Waals surface area contributed by atoms with Crippen LogP contribution in [0.4, 0.5) is 0 Å². The number of aliphatic hydroxyl groups is 1. The maximum atomic E-state index is 11.5. The molecule has 0 bridgehead atoms. The lowest BCUT2D eigenvalue weighted by atomic mass is 10.1. The van der Waals surface area contributed by atoms with Crippen molar-refractivity contribution in [3.63, 3.8) is 0 Å². The molecule has 86 valence electrons. The van der Waals surface area contributed by atoms with Gasteiger partial charge in [0.2, 0.25) is 5.91 Å². The second-order valence-electron chi connectivity index (χ2n) is 4.37. The number of hydrogen-bond donors (Lipinski definition) is 2. The number of rotatable bonds is 5. The highest BCUT2D eigenvalue weighted by atomic mass is 16.3. The maximum Gasteiger partial charge on any atom is 0.224 e. The molecule has 1 amide bonds. The van der Waals surface area contributed by atoms with Crippen LogP contribution in [0.25, 0.3) is 0 Å². The molecule has 0 heterocycles. The number of hydrogen-bond acceptors (Lipinski definition) is 2. The fourth-order valence-corrected chi connectivity index (χ4v) is 1.71. The lowest BCUT2D eigenvalue weighted by Gasteiger charge is -2.10. The van der Waals surface area contributed by atoms with Crippen molar-refractivity contribution >= 4 is 5.91 Å². The Bertz CT molecular complexity index is 346. The molecule has 3 nitrogen and oxygen atoms in total. The van der Waals surface area contributed by atoms with E-state index in [0.717, 1.165) is 18.4 Å². The van der Waals surface area contributed by atoms with Crippen LogP contribution in [0.5, 0.6) is 0 Å². The second-order valence-corrected chi connectivity index (χ2v) is 4.37. The van der Waals surface area contributed by atoms with Crippen LogP contribution < -0.4 is 5.32 Å². The molecule has 0 aromatic heterocycles. The van der Waals surface area contributed by atoms with E-state index in [1.54, 1.807) is 0 Å². The molecule has 1 aliphatic carbocycles. The molecule has 3 heteroatoms. The fourth-order valence-electron chi connectivity index (χ4n) is 1.71. The van der Waals surface area contributed by atoms with Gasteiger partial charge >= 0.3 is 0 Å². The van der Waals surface area contributed by atoms with Crippen LogP contribution in [-0.4, -0.2) is 23.7 Å². The monoisotopic (exact) mass is 219 g/mol. The molecule has 16 heavy (non-hydrogen) atoms. The molecule has 1 saturated carbocycles. The Labute approximate surface area is 95.5 Å². The number of carbonyl (C=O) groups is 1. The quantitative estimate of drug-likeness (QED) is 0.779. The van der Waals surface area contributed by atoms with Crippen molar-refractivity contribution in [2.75, 3.05) is 6.54 Å². The molecule has 2 rings (SSSR count). The standard InChI is InChI=1S/C13H17NO2/c15-12(11-6-7-11)9-14-13(16)8-10-4-2-1-3-5-10/h1-5,11-12,15H,6-9H2,(H,14,16). The van der Waals surface area contributed by atoms with Crippen molar-refractivity contribution in [3.8, 4) is 0 Å². The van der Waals surface area contributed by atoms with E-state index >= 15 is 0 Å². The van der Waals surface area contributed by atoms with Gasteiger partial charge in [0, 0.05) is 6.54 Å². The zero-order valence-corrected chi connectivity index (χ0v) is 9.23. The summed E-state index contributed by atoms with van der Waals surface area (Å²) in [5.41, 5.74) is 1.00. The zero-order valence-electron chi connectivity index (χ0n) is 9.23. The van der Waals surface area contributed by atoms with Crippen LogP contribution in [0.15, 0.2) is 30.3 Å². The smallest absolute Gasteiger partial charge is 0.224 e. The first-order chi connectivity index (χ1) is 7.75. The predicted molar refractivity (Wildman–Crippen MR) is 61.9 cm³/mol. The maximum absolute atomic E-state index is 11.5. The van der Waals surface area contributed by atoms with E-state index in [-0.39, 0.29) is 12.0 Å². The second kappa shape index (κ2) is 5.12. The minimum atomic E-state index is -0.361. The predicted octanol–water partition coefficient (Wildman–Crippen LogP) is 1.12. The SMILES string of the molecule is O=C(Cc1ccccc1)NCC(O)C1CC1. The van der Waals surface area contributed by atoms with E-state index in [1.807, 2.05) is 30.3 Å². The minimum absolute atomic E-state index is 0.0223. The molecule has 0 spiro atoms. The third kappa shape index (κ3) is 3.35. The highest BCUT2D eigenvalue weighted by molar-refractivity contribution is 5.78. The van der Waals surface area contributed by atoms with Gasteiger partial charge in [-0.25, -0.2) is 0 Å². The topological polar surface area (TPSA) is 49.3 Å². The van der Waals surface area contributed by atoms with Crippen molar-refractivity contribution in [2.24, 2.45) is 5.92 Å². The average Bonchev–Trinajstić information content (AvgIpc) is 3.11. The van der Waals surface area contributed by atoms with Gasteiger partial charge in [0.15, 0.2) is 0 Å². The molecule has 0 radical (unpaired) electrons. The Morgan fingerprint density at radius 3 is 2.69 bits per heavy atom. The van der Waals surface area contributed by atoms with E-state index in [1.165, 1.54) is 0 Å². The van der Waals surface area contributed by atoms with Crippen LogP contribution in [0.2, 0.25) is 0 Å². The Kier molecular flexibility index (Phi) is 3.57. The van der Waals surface area contributed by atoms with Gasteiger partial charge in [-0.15, -0.1) is 0 Å². The summed E-state index contributed by atoms with van der Waals surface area (Å²) in [6.07, 6.45) is 2.21. The van der Waals surface area contributed by atoms with Gasteiger partial charge in [0.25, 0.3) is 0 Å². The van der Waals surface area contributed by atoms with Crippen molar-refractivity contribution in [2.45, 2.75) is 25.4 Å². The Morgan fingerprint density at radius 1 is 1.38 bits per heavy atom. The van der Waals surface area contributed by atoms with E-state index in [9.17, 15) is 9.90 Å². The molecular weight excluding hydrogens is 202 g/mol. The number of benzene rings is 1. The van der Waals surface area contributed by atoms with E-state index in [0.29, 0.717) is 18.9 Å². The molecule has 0 saturated heterocycles. The average molecular weight is 219 g/mol. The van der Waals surface area contributed by atoms with Gasteiger partial charge in [-0.2, -0.15) is 0 Å².